The molecule has 6 rings (SSSR count). The van der Waals surface area contributed by atoms with Gasteiger partial charge in [0.05, 0.1) is 6.20 Å². The second-order valence-electron chi connectivity index (χ2n) is 11.9. The van der Waals surface area contributed by atoms with E-state index in [-0.39, 0.29) is 11.7 Å². The van der Waals surface area contributed by atoms with Crippen LogP contribution in [0.15, 0.2) is 28.8 Å². The van der Waals surface area contributed by atoms with Gasteiger partial charge in [0.25, 0.3) is 5.91 Å². The molecule has 4 N–H and O–H groups in total. The van der Waals surface area contributed by atoms with Crippen molar-refractivity contribution in [2.24, 2.45) is 5.73 Å². The number of nitrogens with zero attached hydrogens (tertiary/aromatic N) is 6. The number of hydrogen-bond acceptors (Lipinski definition) is 11. The van der Waals surface area contributed by atoms with Gasteiger partial charge >= 0.3 is 0 Å². The number of aryl methyl sites for hydroxylation is 2. The van der Waals surface area contributed by atoms with Crippen LogP contribution in [0.3, 0.4) is 0 Å². The third-order valence-corrected chi connectivity index (χ3v) is 8.86. The molecular weight excluding hydrogens is 546 g/mol. The Morgan fingerprint density at radius 2 is 1.72 bits per heavy atom. The molecule has 0 atom stereocenters. The maximum atomic E-state index is 12.6. The molecule has 3 aromatic rings. The van der Waals surface area contributed by atoms with E-state index in [2.05, 4.69) is 61.4 Å². The van der Waals surface area contributed by atoms with Crippen LogP contribution in [-0.2, 0) is 4.74 Å². The van der Waals surface area contributed by atoms with E-state index in [0.717, 1.165) is 50.3 Å². The Morgan fingerprint density at radius 1 is 0.977 bits per heavy atom. The first-order chi connectivity index (χ1) is 20.8. The number of nitrogens with two attached hydrogens (primary N) is 1. The quantitative estimate of drug-likeness (QED) is 0.356. The number of aromatic nitrogens is 3. The number of nitrogens with one attached hydrogen (secondary N) is 2. The van der Waals surface area contributed by atoms with E-state index in [1.807, 2.05) is 6.07 Å². The van der Waals surface area contributed by atoms with Crippen molar-refractivity contribution >= 4 is 28.9 Å². The Kier molecular flexibility index (Phi) is 8.78. The highest BCUT2D eigenvalue weighted by Crippen LogP contribution is 2.33. The molecule has 12 nitrogen and oxygen atoms in total. The number of oxazole rings is 1. The maximum Gasteiger partial charge on any atom is 0.271 e. The number of hydrogen-bond donors (Lipinski definition) is 3. The lowest BCUT2D eigenvalue weighted by atomic mass is 10.0. The van der Waals surface area contributed by atoms with E-state index in [0.29, 0.717) is 48.2 Å². The van der Waals surface area contributed by atoms with E-state index in [1.54, 1.807) is 13.1 Å². The molecule has 5 heterocycles. The van der Waals surface area contributed by atoms with Crippen molar-refractivity contribution < 1.29 is 13.9 Å². The summed E-state index contributed by atoms with van der Waals surface area (Å²) in [6.07, 6.45) is 5.62. The Hall–Kier alpha value is -3.74. The normalized spacial score (nSPS) is 19.5. The monoisotopic (exact) mass is 589 g/mol. The van der Waals surface area contributed by atoms with E-state index < -0.39 is 5.91 Å². The fourth-order valence-electron chi connectivity index (χ4n) is 6.36. The zero-order valence-electron chi connectivity index (χ0n) is 25.4. The number of carbonyl (C=O) groups excluding carboxylic acids is 1. The maximum absolute atomic E-state index is 12.6. The van der Waals surface area contributed by atoms with Gasteiger partial charge in [-0.25, -0.2) is 15.0 Å². The van der Waals surface area contributed by atoms with Crippen LogP contribution in [0.2, 0.25) is 0 Å². The average molecular weight is 590 g/mol. The fraction of sp³-hybridized carbons (Fsp3) is 0.548. The highest BCUT2D eigenvalue weighted by atomic mass is 16.5. The van der Waals surface area contributed by atoms with Gasteiger partial charge in [-0.15, -0.1) is 0 Å². The molecule has 12 heteroatoms. The third-order valence-electron chi connectivity index (χ3n) is 8.86. The molecule has 1 aromatic carbocycles. The van der Waals surface area contributed by atoms with Gasteiger partial charge in [-0.3, -0.25) is 9.69 Å². The number of piperazine rings is 1. The summed E-state index contributed by atoms with van der Waals surface area (Å²) in [5.41, 5.74) is 9.44. The lowest BCUT2D eigenvalue weighted by Gasteiger charge is -2.43. The van der Waals surface area contributed by atoms with Crippen LogP contribution in [0.5, 0.6) is 0 Å². The van der Waals surface area contributed by atoms with Crippen LogP contribution in [-0.4, -0.2) is 102 Å². The number of benzene rings is 1. The van der Waals surface area contributed by atoms with Crippen LogP contribution >= 0.6 is 0 Å². The lowest BCUT2D eigenvalue weighted by Crippen LogP contribution is -2.52. The number of amides is 1. The molecule has 3 saturated heterocycles. The summed E-state index contributed by atoms with van der Waals surface area (Å²) in [6.45, 7) is 12.0. The molecule has 3 fully saturated rings. The van der Waals surface area contributed by atoms with E-state index >= 15 is 0 Å². The largest absolute Gasteiger partial charge is 0.439 e. The highest BCUT2D eigenvalue weighted by molar-refractivity contribution is 5.97. The molecule has 0 radical (unpaired) electrons. The van der Waals surface area contributed by atoms with Crippen LogP contribution in [0.25, 0.3) is 11.5 Å². The Morgan fingerprint density at radius 3 is 2.37 bits per heavy atom. The second kappa shape index (κ2) is 12.9. The molecule has 43 heavy (non-hydrogen) atoms. The number of likely N-dealkylation sites (N-methyl/N-ethyl adjacent to an activating group) is 1. The van der Waals surface area contributed by atoms with Crippen LogP contribution in [0.1, 0.15) is 47.6 Å². The van der Waals surface area contributed by atoms with Crippen molar-refractivity contribution in [1.82, 2.24) is 24.8 Å². The number of anilines is 4. The predicted molar refractivity (Wildman–Crippen MR) is 167 cm³/mol. The van der Waals surface area contributed by atoms with Gasteiger partial charge < -0.3 is 35.3 Å². The molecule has 3 aliphatic rings. The zero-order valence-corrected chi connectivity index (χ0v) is 25.4. The molecule has 2 aromatic heterocycles. The minimum atomic E-state index is -0.679. The summed E-state index contributed by atoms with van der Waals surface area (Å²) in [5, 5.41) is 6.82. The summed E-state index contributed by atoms with van der Waals surface area (Å²) in [4.78, 5) is 33.8. The molecule has 0 aliphatic carbocycles. The average Bonchev–Trinajstić information content (AvgIpc) is 3.44. The fourth-order valence-corrected chi connectivity index (χ4v) is 6.36. The summed E-state index contributed by atoms with van der Waals surface area (Å²) in [5.74, 6) is 1.04. The Balaban J connectivity index is 1.21. The summed E-state index contributed by atoms with van der Waals surface area (Å²) < 4.78 is 11.3. The van der Waals surface area contributed by atoms with Gasteiger partial charge in [-0.05, 0) is 63.4 Å². The third kappa shape index (κ3) is 6.76. The summed E-state index contributed by atoms with van der Waals surface area (Å²) in [7, 11) is 2.21. The van der Waals surface area contributed by atoms with Crippen LogP contribution < -0.4 is 21.3 Å². The first-order valence-electron chi connectivity index (χ1n) is 15.4. The minimum absolute atomic E-state index is 0.0364. The van der Waals surface area contributed by atoms with Crippen LogP contribution in [0.4, 0.5) is 23.0 Å². The molecule has 0 bridgehead atoms. The first-order valence-corrected chi connectivity index (χ1v) is 15.4. The van der Waals surface area contributed by atoms with Crippen molar-refractivity contribution in [3.8, 4) is 11.5 Å². The van der Waals surface area contributed by atoms with Gasteiger partial charge in [-0.1, -0.05) is 0 Å². The summed E-state index contributed by atoms with van der Waals surface area (Å²) in [6, 6.07) is 7.09. The molecular formula is C31H43N9O3. The Bertz CT molecular complexity index is 1420. The van der Waals surface area contributed by atoms with E-state index in [1.165, 1.54) is 31.6 Å². The van der Waals surface area contributed by atoms with E-state index in [9.17, 15) is 4.79 Å². The molecule has 0 spiro atoms. The minimum Gasteiger partial charge on any atom is -0.439 e. The first kappa shape index (κ1) is 29.3. The number of primary amides is 1. The SMILES string of the molecule is Cc1ncc(-c2nc(C(N)=O)c(Nc3ccc(N4CCC(N5CCN(C)CC5)CC4)c(C)c3)nc2NC2CCOCC2)o1. The molecule has 1 amide bonds. The van der Waals surface area contributed by atoms with Crippen molar-refractivity contribution in [2.75, 3.05) is 75.1 Å². The van der Waals surface area contributed by atoms with Gasteiger partial charge in [-0.2, -0.15) is 0 Å². The number of carbonyl (C=O) groups is 1. The number of rotatable bonds is 8. The molecule has 0 saturated carbocycles. The summed E-state index contributed by atoms with van der Waals surface area (Å²) >= 11 is 0. The molecule has 3 aliphatic heterocycles. The van der Waals surface area contributed by atoms with E-state index in [4.69, 9.17) is 19.9 Å². The van der Waals surface area contributed by atoms with Crippen molar-refractivity contribution in [3.05, 3.63) is 41.5 Å². The van der Waals surface area contributed by atoms with Crippen molar-refractivity contribution in [1.29, 1.82) is 0 Å². The van der Waals surface area contributed by atoms with Gasteiger partial charge in [0.1, 0.15) is 0 Å². The van der Waals surface area contributed by atoms with Crippen molar-refractivity contribution in [2.45, 2.75) is 51.6 Å². The zero-order chi connectivity index (χ0) is 29.9. The van der Waals surface area contributed by atoms with Crippen molar-refractivity contribution in [3.63, 3.8) is 0 Å². The highest BCUT2D eigenvalue weighted by Gasteiger charge is 2.28. The van der Waals surface area contributed by atoms with Gasteiger partial charge in [0.2, 0.25) is 0 Å². The Labute approximate surface area is 253 Å². The predicted octanol–water partition coefficient (Wildman–Crippen LogP) is 3.40. The lowest BCUT2D eigenvalue weighted by molar-refractivity contribution is 0.0904. The van der Waals surface area contributed by atoms with Gasteiger partial charge in [0.15, 0.2) is 34.7 Å². The second-order valence-corrected chi connectivity index (χ2v) is 11.9. The number of ether oxygens (including phenoxy) is 1. The van der Waals surface area contributed by atoms with Gasteiger partial charge in [0, 0.05) is 82.9 Å². The molecule has 230 valence electrons. The topological polar surface area (TPSA) is 138 Å². The molecule has 0 unspecified atom stereocenters. The smallest absolute Gasteiger partial charge is 0.271 e. The standard InChI is InChI=1S/C31H43N9O3/c1-20-18-23(4-5-25(20)40-10-6-24(7-11-40)39-14-12-38(3)13-15-39)35-31-28(29(32)41)36-27(26-19-33-21(2)43-26)30(37-31)34-22-8-16-42-17-9-22/h4-5,18-19,22,24H,6-17H2,1-3H3,(H2,32,41)(H2,34,35,37). The number of piperidine rings is 1. The van der Waals surface area contributed by atoms with Crippen LogP contribution in [0, 0.1) is 13.8 Å².